The van der Waals surface area contributed by atoms with Gasteiger partial charge in [-0.3, -0.25) is 4.90 Å². The van der Waals surface area contributed by atoms with Crippen LogP contribution in [-0.2, 0) is 11.3 Å². The fraction of sp³-hybridized carbons (Fsp3) is 0.471. The first-order valence-electron chi connectivity index (χ1n) is 8.23. The van der Waals surface area contributed by atoms with Gasteiger partial charge >= 0.3 is 0 Å². The van der Waals surface area contributed by atoms with Gasteiger partial charge in [0.15, 0.2) is 11.0 Å². The SMILES string of the molecule is C[C@@H](C#N)Sc1nnc(-c2ccc(F)cc2)n1CCN1CCOCC1. The topological polar surface area (TPSA) is 67.0 Å². The molecule has 0 aliphatic carbocycles. The van der Waals surface area contributed by atoms with E-state index in [4.69, 9.17) is 10.00 Å². The molecule has 1 atom stereocenters. The van der Waals surface area contributed by atoms with Crippen molar-refractivity contribution in [3.05, 3.63) is 30.1 Å². The Morgan fingerprint density at radius 1 is 1.24 bits per heavy atom. The Morgan fingerprint density at radius 3 is 2.64 bits per heavy atom. The molecule has 1 aliphatic rings. The van der Waals surface area contributed by atoms with Gasteiger partial charge in [0.2, 0.25) is 0 Å². The van der Waals surface area contributed by atoms with E-state index in [1.807, 2.05) is 11.5 Å². The fourth-order valence-corrected chi connectivity index (χ4v) is 3.40. The largest absolute Gasteiger partial charge is 0.379 e. The van der Waals surface area contributed by atoms with Crippen molar-refractivity contribution in [2.24, 2.45) is 0 Å². The van der Waals surface area contributed by atoms with Crippen LogP contribution in [0.15, 0.2) is 29.4 Å². The predicted octanol–water partition coefficient (Wildman–Crippen LogP) is 2.42. The third-order valence-electron chi connectivity index (χ3n) is 4.03. The van der Waals surface area contributed by atoms with E-state index in [1.54, 1.807) is 12.1 Å². The van der Waals surface area contributed by atoms with E-state index < -0.39 is 0 Å². The minimum absolute atomic E-state index is 0.215. The van der Waals surface area contributed by atoms with E-state index in [9.17, 15) is 4.39 Å². The van der Waals surface area contributed by atoms with Crippen molar-refractivity contribution < 1.29 is 9.13 Å². The third-order valence-corrected chi connectivity index (χ3v) is 5.00. The molecule has 1 aliphatic heterocycles. The average Bonchev–Trinajstić information content (AvgIpc) is 3.03. The Hall–Kier alpha value is -1.95. The second kappa shape index (κ2) is 8.43. The average molecular weight is 361 g/mol. The van der Waals surface area contributed by atoms with Gasteiger partial charge in [-0.25, -0.2) is 4.39 Å². The van der Waals surface area contributed by atoms with Crippen LogP contribution in [0.5, 0.6) is 0 Å². The molecular weight excluding hydrogens is 341 g/mol. The van der Waals surface area contributed by atoms with Crippen molar-refractivity contribution in [2.75, 3.05) is 32.8 Å². The normalized spacial score (nSPS) is 16.5. The molecule has 1 saturated heterocycles. The van der Waals surface area contributed by atoms with Gasteiger partial charge in [0.05, 0.1) is 24.5 Å². The summed E-state index contributed by atoms with van der Waals surface area (Å²) in [4.78, 5) is 2.33. The molecule has 0 bridgehead atoms. The lowest BCUT2D eigenvalue weighted by molar-refractivity contribution is 0.0361. The summed E-state index contributed by atoms with van der Waals surface area (Å²) >= 11 is 1.39. The molecule has 0 unspecified atom stereocenters. The molecule has 1 aromatic heterocycles. The van der Waals surface area contributed by atoms with Crippen LogP contribution in [0.2, 0.25) is 0 Å². The van der Waals surface area contributed by atoms with Gasteiger partial charge in [-0.2, -0.15) is 5.26 Å². The summed E-state index contributed by atoms with van der Waals surface area (Å²) < 4.78 is 20.6. The molecule has 0 spiro atoms. The molecule has 25 heavy (non-hydrogen) atoms. The number of aromatic nitrogens is 3. The van der Waals surface area contributed by atoms with E-state index in [2.05, 4.69) is 21.2 Å². The molecular formula is C17H20FN5OS. The number of hydrogen-bond donors (Lipinski definition) is 0. The number of thioether (sulfide) groups is 1. The van der Waals surface area contributed by atoms with Crippen LogP contribution in [0.25, 0.3) is 11.4 Å². The van der Waals surface area contributed by atoms with Crippen LogP contribution in [0.3, 0.4) is 0 Å². The molecule has 3 rings (SSSR count). The molecule has 6 nitrogen and oxygen atoms in total. The highest BCUT2D eigenvalue weighted by Crippen LogP contribution is 2.26. The van der Waals surface area contributed by atoms with Crippen LogP contribution in [0, 0.1) is 17.1 Å². The molecule has 1 aromatic carbocycles. The van der Waals surface area contributed by atoms with Crippen LogP contribution >= 0.6 is 11.8 Å². The minimum Gasteiger partial charge on any atom is -0.379 e. The molecule has 0 saturated carbocycles. The van der Waals surface area contributed by atoms with E-state index in [0.29, 0.717) is 17.5 Å². The summed E-state index contributed by atoms with van der Waals surface area (Å²) in [7, 11) is 0. The summed E-state index contributed by atoms with van der Waals surface area (Å²) in [5, 5.41) is 18.1. The van der Waals surface area contributed by atoms with Crippen LogP contribution in [-0.4, -0.2) is 57.8 Å². The minimum atomic E-state index is -0.282. The van der Waals surface area contributed by atoms with E-state index in [0.717, 1.165) is 38.4 Å². The fourth-order valence-electron chi connectivity index (χ4n) is 2.64. The molecule has 0 amide bonds. The van der Waals surface area contributed by atoms with Crippen LogP contribution < -0.4 is 0 Å². The summed E-state index contributed by atoms with van der Waals surface area (Å²) in [5.41, 5.74) is 0.812. The van der Waals surface area contributed by atoms with Crippen molar-refractivity contribution in [3.8, 4) is 17.5 Å². The Morgan fingerprint density at radius 2 is 1.96 bits per heavy atom. The number of morpholine rings is 1. The first-order chi connectivity index (χ1) is 12.2. The summed E-state index contributed by atoms with van der Waals surface area (Å²) in [6.07, 6.45) is 0. The molecule has 132 valence electrons. The maximum Gasteiger partial charge on any atom is 0.192 e. The second-order valence-corrected chi connectivity index (χ2v) is 7.12. The highest BCUT2D eigenvalue weighted by Gasteiger charge is 2.18. The van der Waals surface area contributed by atoms with E-state index >= 15 is 0 Å². The maximum absolute atomic E-state index is 13.2. The van der Waals surface area contributed by atoms with Crippen LogP contribution in [0.4, 0.5) is 4.39 Å². The zero-order valence-corrected chi connectivity index (χ0v) is 14.9. The Balaban J connectivity index is 1.83. The van der Waals surface area contributed by atoms with Gasteiger partial charge in [-0.15, -0.1) is 10.2 Å². The number of nitrogens with zero attached hydrogens (tertiary/aromatic N) is 5. The monoisotopic (exact) mass is 361 g/mol. The Labute approximate surface area is 150 Å². The maximum atomic E-state index is 13.2. The second-order valence-electron chi connectivity index (χ2n) is 5.81. The van der Waals surface area contributed by atoms with E-state index in [1.165, 1.54) is 23.9 Å². The van der Waals surface area contributed by atoms with Gasteiger partial charge in [0, 0.05) is 31.7 Å². The summed E-state index contributed by atoms with van der Waals surface area (Å²) in [5.74, 6) is 0.414. The van der Waals surface area contributed by atoms with Crippen molar-refractivity contribution >= 4 is 11.8 Å². The third kappa shape index (κ3) is 4.57. The van der Waals surface area contributed by atoms with Gasteiger partial charge < -0.3 is 9.30 Å². The molecule has 0 N–H and O–H groups in total. The first-order valence-corrected chi connectivity index (χ1v) is 9.11. The van der Waals surface area contributed by atoms with Gasteiger partial charge in [-0.1, -0.05) is 11.8 Å². The smallest absolute Gasteiger partial charge is 0.192 e. The Kier molecular flexibility index (Phi) is 6.02. The number of ether oxygens (including phenoxy) is 1. The molecule has 2 aromatic rings. The zero-order chi connectivity index (χ0) is 17.6. The molecule has 8 heteroatoms. The standard InChI is InChI=1S/C17H20FN5OS/c1-13(12-19)25-17-21-20-16(14-2-4-15(18)5-3-14)23(17)7-6-22-8-10-24-11-9-22/h2-5,13H,6-11H2,1H3/t13-/m0/s1. The molecule has 2 heterocycles. The first kappa shape index (κ1) is 17.9. The van der Waals surface area contributed by atoms with Crippen LogP contribution in [0.1, 0.15) is 6.92 Å². The van der Waals surface area contributed by atoms with E-state index in [-0.39, 0.29) is 11.1 Å². The zero-order valence-electron chi connectivity index (χ0n) is 14.1. The summed E-state index contributed by atoms with van der Waals surface area (Å²) in [6.45, 7) is 6.71. The predicted molar refractivity (Wildman–Crippen MR) is 93.6 cm³/mol. The molecule has 0 radical (unpaired) electrons. The number of benzene rings is 1. The van der Waals surface area contributed by atoms with Gasteiger partial charge in [0.1, 0.15) is 5.82 Å². The highest BCUT2D eigenvalue weighted by molar-refractivity contribution is 8.00. The van der Waals surface area contributed by atoms with Gasteiger partial charge in [-0.05, 0) is 31.2 Å². The summed E-state index contributed by atoms with van der Waals surface area (Å²) in [6, 6.07) is 8.45. The Bertz CT molecular complexity index is 736. The lowest BCUT2D eigenvalue weighted by atomic mass is 10.2. The van der Waals surface area contributed by atoms with Gasteiger partial charge in [0.25, 0.3) is 0 Å². The lowest BCUT2D eigenvalue weighted by Crippen LogP contribution is -2.38. The van der Waals surface area contributed by atoms with Crippen molar-refractivity contribution in [2.45, 2.75) is 23.9 Å². The van der Waals surface area contributed by atoms with Crippen molar-refractivity contribution in [3.63, 3.8) is 0 Å². The number of halogens is 1. The number of nitriles is 1. The number of rotatable bonds is 6. The quantitative estimate of drug-likeness (QED) is 0.736. The van der Waals surface area contributed by atoms with Crippen molar-refractivity contribution in [1.29, 1.82) is 5.26 Å². The molecule has 1 fully saturated rings. The number of hydrogen-bond acceptors (Lipinski definition) is 6. The van der Waals surface area contributed by atoms with Crippen molar-refractivity contribution in [1.82, 2.24) is 19.7 Å². The highest BCUT2D eigenvalue weighted by atomic mass is 32.2. The lowest BCUT2D eigenvalue weighted by Gasteiger charge is -2.27.